The van der Waals surface area contributed by atoms with Crippen LogP contribution in [-0.4, -0.2) is 68.2 Å². The van der Waals surface area contributed by atoms with E-state index in [2.05, 4.69) is 20.2 Å². The molecule has 28 heavy (non-hydrogen) atoms. The molecular formula is C20H24N6O2. The van der Waals surface area contributed by atoms with Gasteiger partial charge in [-0.25, -0.2) is 4.52 Å². The van der Waals surface area contributed by atoms with Crippen LogP contribution < -0.4 is 5.56 Å². The summed E-state index contributed by atoms with van der Waals surface area (Å²) in [6.45, 7) is 4.82. The van der Waals surface area contributed by atoms with E-state index in [9.17, 15) is 9.59 Å². The third-order valence-electron chi connectivity index (χ3n) is 5.99. The van der Waals surface area contributed by atoms with E-state index in [0.29, 0.717) is 18.0 Å². The maximum atomic E-state index is 13.2. The van der Waals surface area contributed by atoms with Crippen molar-refractivity contribution in [2.75, 3.05) is 32.7 Å². The molecule has 2 aliphatic rings. The van der Waals surface area contributed by atoms with Crippen LogP contribution in [0.25, 0.3) is 16.6 Å². The zero-order chi connectivity index (χ0) is 19.1. The van der Waals surface area contributed by atoms with E-state index in [0.717, 1.165) is 31.4 Å². The number of carbonyl (C=O) groups excluding carboxylic acids is 1. The molecule has 2 saturated heterocycles. The molecule has 2 fully saturated rings. The van der Waals surface area contributed by atoms with Crippen molar-refractivity contribution in [2.24, 2.45) is 5.92 Å². The number of para-hydroxylation sites is 2. The lowest BCUT2D eigenvalue weighted by Crippen LogP contribution is -2.43. The summed E-state index contributed by atoms with van der Waals surface area (Å²) in [6.07, 6.45) is 4.69. The molecule has 2 aliphatic heterocycles. The number of likely N-dealkylation sites (tertiary alicyclic amines) is 2. The minimum absolute atomic E-state index is 0.147. The summed E-state index contributed by atoms with van der Waals surface area (Å²) >= 11 is 0. The Bertz CT molecular complexity index is 1080. The lowest BCUT2D eigenvalue weighted by molar-refractivity contribution is 0.0644. The average molecular weight is 380 g/mol. The van der Waals surface area contributed by atoms with E-state index in [-0.39, 0.29) is 22.7 Å². The van der Waals surface area contributed by atoms with E-state index in [1.807, 2.05) is 29.2 Å². The van der Waals surface area contributed by atoms with Crippen molar-refractivity contribution >= 4 is 22.5 Å². The van der Waals surface area contributed by atoms with Gasteiger partial charge >= 0.3 is 0 Å². The van der Waals surface area contributed by atoms with Gasteiger partial charge in [0, 0.05) is 19.6 Å². The van der Waals surface area contributed by atoms with Crippen molar-refractivity contribution in [3.8, 4) is 0 Å². The number of aromatic amines is 1. The lowest BCUT2D eigenvalue weighted by atomic mass is 9.97. The third-order valence-corrected chi connectivity index (χ3v) is 5.99. The van der Waals surface area contributed by atoms with Crippen molar-refractivity contribution in [1.82, 2.24) is 29.6 Å². The first-order chi connectivity index (χ1) is 13.7. The van der Waals surface area contributed by atoms with Gasteiger partial charge in [0.05, 0.1) is 11.0 Å². The fourth-order valence-electron chi connectivity index (χ4n) is 4.62. The van der Waals surface area contributed by atoms with Crippen molar-refractivity contribution in [3.63, 3.8) is 0 Å². The highest BCUT2D eigenvalue weighted by atomic mass is 16.2. The van der Waals surface area contributed by atoms with Gasteiger partial charge in [-0.05, 0) is 56.8 Å². The van der Waals surface area contributed by atoms with Gasteiger partial charge in [-0.2, -0.15) is 0 Å². The van der Waals surface area contributed by atoms with Crippen molar-refractivity contribution < 1.29 is 4.79 Å². The van der Waals surface area contributed by atoms with Gasteiger partial charge in [0.25, 0.3) is 11.5 Å². The predicted molar refractivity (Wildman–Crippen MR) is 105 cm³/mol. The molecular weight excluding hydrogens is 356 g/mol. The molecule has 4 heterocycles. The van der Waals surface area contributed by atoms with Gasteiger partial charge in [-0.15, -0.1) is 5.10 Å². The number of fused-ring (bicyclic) bond motifs is 3. The Kier molecular flexibility index (Phi) is 4.35. The quantitative estimate of drug-likeness (QED) is 0.744. The highest BCUT2D eigenvalue weighted by molar-refractivity contribution is 5.99. The van der Waals surface area contributed by atoms with Gasteiger partial charge in [0.2, 0.25) is 0 Å². The van der Waals surface area contributed by atoms with Crippen molar-refractivity contribution in [1.29, 1.82) is 0 Å². The number of carbonyl (C=O) groups is 1. The molecule has 8 nitrogen and oxygen atoms in total. The van der Waals surface area contributed by atoms with E-state index in [4.69, 9.17) is 0 Å². The Morgan fingerprint density at radius 1 is 1.14 bits per heavy atom. The summed E-state index contributed by atoms with van der Waals surface area (Å²) in [5.41, 5.74) is 1.44. The number of nitrogens with one attached hydrogen (secondary N) is 1. The molecule has 8 heteroatoms. The molecule has 2 aromatic heterocycles. The second-order valence-electron chi connectivity index (χ2n) is 7.94. The van der Waals surface area contributed by atoms with Gasteiger partial charge in [0.15, 0.2) is 11.2 Å². The maximum Gasteiger partial charge on any atom is 0.277 e. The highest BCUT2D eigenvalue weighted by Crippen LogP contribution is 2.22. The van der Waals surface area contributed by atoms with E-state index in [1.54, 1.807) is 0 Å². The summed E-state index contributed by atoms with van der Waals surface area (Å²) in [6, 6.07) is 7.39. The van der Waals surface area contributed by atoms with Gasteiger partial charge < -0.3 is 14.8 Å². The van der Waals surface area contributed by atoms with Crippen LogP contribution in [0.3, 0.4) is 0 Å². The van der Waals surface area contributed by atoms with Crippen LogP contribution in [0.5, 0.6) is 0 Å². The molecule has 1 atom stereocenters. The fraction of sp³-hybridized carbons (Fsp3) is 0.500. The summed E-state index contributed by atoms with van der Waals surface area (Å²) in [5.74, 6) is 0.290. The average Bonchev–Trinajstić information content (AvgIpc) is 3.38. The van der Waals surface area contributed by atoms with E-state index >= 15 is 0 Å². The van der Waals surface area contributed by atoms with Crippen LogP contribution in [0.2, 0.25) is 0 Å². The van der Waals surface area contributed by atoms with Gasteiger partial charge in [0.1, 0.15) is 0 Å². The summed E-state index contributed by atoms with van der Waals surface area (Å²) in [5, 5.41) is 8.22. The molecule has 0 spiro atoms. The molecule has 0 radical (unpaired) electrons. The first-order valence-electron chi connectivity index (χ1n) is 10.1. The van der Waals surface area contributed by atoms with Crippen molar-refractivity contribution in [3.05, 3.63) is 40.3 Å². The number of piperidine rings is 1. The van der Waals surface area contributed by atoms with Crippen molar-refractivity contribution in [2.45, 2.75) is 25.7 Å². The molecule has 1 amide bonds. The zero-order valence-electron chi connectivity index (χ0n) is 15.8. The van der Waals surface area contributed by atoms with Crippen LogP contribution in [0.4, 0.5) is 0 Å². The standard InChI is InChI=1S/C20H24N6O2/c27-19-18-17(22-23-26(18)16-8-2-1-7-15(16)21-19)20(28)25-11-5-6-14(13-25)12-24-9-3-4-10-24/h1-2,7-8,14H,3-6,9-13H2,(H,21,27)/t14-/m1/s1. The Morgan fingerprint density at radius 3 is 2.82 bits per heavy atom. The summed E-state index contributed by atoms with van der Waals surface area (Å²) < 4.78 is 1.48. The molecule has 0 aliphatic carbocycles. The summed E-state index contributed by atoms with van der Waals surface area (Å²) in [4.78, 5) is 33.0. The minimum atomic E-state index is -0.335. The Balaban J connectivity index is 1.44. The van der Waals surface area contributed by atoms with Crippen LogP contribution >= 0.6 is 0 Å². The molecule has 0 bridgehead atoms. The van der Waals surface area contributed by atoms with Crippen LogP contribution in [0, 0.1) is 5.92 Å². The summed E-state index contributed by atoms with van der Waals surface area (Å²) in [7, 11) is 0. The number of hydrogen-bond acceptors (Lipinski definition) is 5. The molecule has 0 saturated carbocycles. The smallest absolute Gasteiger partial charge is 0.277 e. The van der Waals surface area contributed by atoms with Gasteiger partial charge in [-0.1, -0.05) is 17.3 Å². The maximum absolute atomic E-state index is 13.2. The Hall–Kier alpha value is -2.74. The van der Waals surface area contributed by atoms with Crippen LogP contribution in [0.1, 0.15) is 36.2 Å². The predicted octanol–water partition coefficient (Wildman–Crippen LogP) is 1.52. The molecule has 146 valence electrons. The Morgan fingerprint density at radius 2 is 1.96 bits per heavy atom. The Labute approximate surface area is 162 Å². The van der Waals surface area contributed by atoms with Gasteiger partial charge in [-0.3, -0.25) is 9.59 Å². The van der Waals surface area contributed by atoms with E-state index in [1.165, 1.54) is 30.4 Å². The molecule has 5 rings (SSSR count). The normalized spacial score (nSPS) is 21.0. The number of nitrogens with zero attached hydrogens (tertiary/aromatic N) is 5. The first kappa shape index (κ1) is 17.4. The zero-order valence-corrected chi connectivity index (χ0v) is 15.8. The number of aromatic nitrogens is 4. The lowest BCUT2D eigenvalue weighted by Gasteiger charge is -2.34. The number of rotatable bonds is 3. The molecule has 1 aromatic carbocycles. The number of H-pyrrole nitrogens is 1. The second kappa shape index (κ2) is 7.01. The molecule has 0 unspecified atom stereocenters. The third kappa shape index (κ3) is 2.97. The highest BCUT2D eigenvalue weighted by Gasteiger charge is 2.30. The minimum Gasteiger partial charge on any atom is -0.337 e. The number of amides is 1. The molecule has 3 aromatic rings. The van der Waals surface area contributed by atoms with E-state index < -0.39 is 0 Å². The van der Waals surface area contributed by atoms with Crippen LogP contribution in [0.15, 0.2) is 29.1 Å². The van der Waals surface area contributed by atoms with Crippen LogP contribution in [-0.2, 0) is 0 Å². The topological polar surface area (TPSA) is 86.6 Å². The fourth-order valence-corrected chi connectivity index (χ4v) is 4.62. The largest absolute Gasteiger partial charge is 0.337 e. The molecule has 1 N–H and O–H groups in total. The first-order valence-corrected chi connectivity index (χ1v) is 10.1. The number of benzene rings is 1. The number of hydrogen-bond donors (Lipinski definition) is 1. The monoisotopic (exact) mass is 380 g/mol. The SMILES string of the molecule is O=C(c1nnn2c1c(=O)[nH]c1ccccc12)N1CCC[C@H](CN2CCCC2)C1. The second-order valence-corrected chi connectivity index (χ2v) is 7.94.